The van der Waals surface area contributed by atoms with Crippen molar-refractivity contribution in [1.29, 1.82) is 0 Å². The fourth-order valence-electron chi connectivity index (χ4n) is 3.51. The fourth-order valence-corrected chi connectivity index (χ4v) is 3.51. The highest BCUT2D eigenvalue weighted by Crippen LogP contribution is 2.26. The summed E-state index contributed by atoms with van der Waals surface area (Å²) in [5.74, 6) is 1.43. The number of hydrogen-bond donors (Lipinski definition) is 3. The summed E-state index contributed by atoms with van der Waals surface area (Å²) < 4.78 is 6.11. The number of benzene rings is 2. The van der Waals surface area contributed by atoms with Crippen LogP contribution in [0.3, 0.4) is 0 Å². The number of nitrogens with two attached hydrogens (primary N) is 1. The molecule has 2 heterocycles. The number of amides is 1. The van der Waals surface area contributed by atoms with E-state index in [-0.39, 0.29) is 0 Å². The Hall–Kier alpha value is -3.19. The largest absolute Gasteiger partial charge is 0.493 e. The molecule has 1 aliphatic rings. The van der Waals surface area contributed by atoms with Crippen LogP contribution in [-0.2, 0) is 0 Å². The summed E-state index contributed by atoms with van der Waals surface area (Å²) in [5, 5.41) is 7.54. The summed E-state index contributed by atoms with van der Waals surface area (Å²) in [5.41, 5.74) is 8.41. The lowest BCUT2D eigenvalue weighted by atomic mass is 10.0. The number of aryl methyl sites for hydroxylation is 1. The van der Waals surface area contributed by atoms with Crippen molar-refractivity contribution in [3.05, 3.63) is 53.7 Å². The van der Waals surface area contributed by atoms with E-state index in [0.717, 1.165) is 41.0 Å². The molecule has 1 aromatic heterocycles. The van der Waals surface area contributed by atoms with Crippen LogP contribution in [0.5, 0.6) is 5.75 Å². The first-order chi connectivity index (χ1) is 14.1. The SMILES string of the molecule is Cc1cc2cnc(Nc3ccc(C(N)=O)cc3)nc2cc1OCC1CCCNC1. The van der Waals surface area contributed by atoms with Crippen LogP contribution in [0.2, 0.25) is 0 Å². The molecule has 3 aromatic rings. The van der Waals surface area contributed by atoms with Gasteiger partial charge in [-0.1, -0.05) is 0 Å². The Balaban J connectivity index is 1.51. The van der Waals surface area contributed by atoms with Gasteiger partial charge in [0.2, 0.25) is 11.9 Å². The summed E-state index contributed by atoms with van der Waals surface area (Å²) in [4.78, 5) is 20.2. The molecule has 29 heavy (non-hydrogen) atoms. The zero-order chi connectivity index (χ0) is 20.2. The van der Waals surface area contributed by atoms with Gasteiger partial charge in [0.1, 0.15) is 5.75 Å². The maximum absolute atomic E-state index is 11.2. The topological polar surface area (TPSA) is 102 Å². The molecule has 150 valence electrons. The van der Waals surface area contributed by atoms with Gasteiger partial charge in [-0.05, 0) is 62.2 Å². The lowest BCUT2D eigenvalue weighted by Gasteiger charge is -2.23. The lowest BCUT2D eigenvalue weighted by Crippen LogP contribution is -2.33. The van der Waals surface area contributed by atoms with E-state index in [1.165, 1.54) is 12.8 Å². The number of aromatic nitrogens is 2. The Bertz CT molecular complexity index is 1010. The second-order valence-corrected chi connectivity index (χ2v) is 7.46. The molecule has 1 fully saturated rings. The average Bonchev–Trinajstić information content (AvgIpc) is 2.73. The van der Waals surface area contributed by atoms with Crippen molar-refractivity contribution in [2.24, 2.45) is 11.7 Å². The molecule has 1 unspecified atom stereocenters. The van der Waals surface area contributed by atoms with Crippen molar-refractivity contribution < 1.29 is 9.53 Å². The molecule has 0 spiro atoms. The van der Waals surface area contributed by atoms with Crippen molar-refractivity contribution in [1.82, 2.24) is 15.3 Å². The van der Waals surface area contributed by atoms with Crippen molar-refractivity contribution in [2.75, 3.05) is 25.0 Å². The predicted octanol–water partition coefficient (Wildman–Crippen LogP) is 3.16. The summed E-state index contributed by atoms with van der Waals surface area (Å²) in [6.07, 6.45) is 4.20. The average molecular weight is 391 g/mol. The summed E-state index contributed by atoms with van der Waals surface area (Å²) >= 11 is 0. The number of carbonyl (C=O) groups excluding carboxylic acids is 1. The van der Waals surface area contributed by atoms with Gasteiger partial charge < -0.3 is 21.1 Å². The highest BCUT2D eigenvalue weighted by atomic mass is 16.5. The monoisotopic (exact) mass is 391 g/mol. The van der Waals surface area contributed by atoms with E-state index < -0.39 is 5.91 Å². The molecule has 1 amide bonds. The highest BCUT2D eigenvalue weighted by Gasteiger charge is 2.14. The summed E-state index contributed by atoms with van der Waals surface area (Å²) in [6.45, 7) is 4.86. The Morgan fingerprint density at radius 1 is 1.31 bits per heavy atom. The van der Waals surface area contributed by atoms with Gasteiger partial charge in [0.25, 0.3) is 0 Å². The Morgan fingerprint density at radius 3 is 2.86 bits per heavy atom. The third-order valence-electron chi connectivity index (χ3n) is 5.18. The Labute approximate surface area is 169 Å². The number of primary amides is 1. The number of ether oxygens (including phenoxy) is 1. The molecule has 4 N–H and O–H groups in total. The first kappa shape index (κ1) is 19.1. The van der Waals surface area contributed by atoms with Crippen molar-refractivity contribution in [3.8, 4) is 5.75 Å². The van der Waals surface area contributed by atoms with E-state index >= 15 is 0 Å². The highest BCUT2D eigenvalue weighted by molar-refractivity contribution is 5.93. The second kappa shape index (κ2) is 8.45. The number of rotatable bonds is 6. The minimum atomic E-state index is -0.453. The molecule has 0 aliphatic carbocycles. The van der Waals surface area contributed by atoms with E-state index in [9.17, 15) is 4.79 Å². The molecular formula is C22H25N5O2. The van der Waals surface area contributed by atoms with Crippen LogP contribution in [0.25, 0.3) is 10.9 Å². The van der Waals surface area contributed by atoms with Gasteiger partial charge in [-0.3, -0.25) is 4.79 Å². The van der Waals surface area contributed by atoms with Gasteiger partial charge in [-0.15, -0.1) is 0 Å². The molecule has 7 heteroatoms. The smallest absolute Gasteiger partial charge is 0.248 e. The zero-order valence-corrected chi connectivity index (χ0v) is 16.4. The predicted molar refractivity (Wildman–Crippen MR) is 114 cm³/mol. The van der Waals surface area contributed by atoms with Crippen LogP contribution >= 0.6 is 0 Å². The quantitative estimate of drug-likeness (QED) is 0.597. The standard InChI is InChI=1S/C22H25N5O2/c1-14-9-17-12-25-22(26-18-6-4-16(5-7-18)21(23)28)27-19(17)10-20(14)29-13-15-3-2-8-24-11-15/h4-7,9-10,12,15,24H,2-3,8,11,13H2,1H3,(H2,23,28)(H,25,26,27). The Kier molecular flexibility index (Phi) is 5.57. The van der Waals surface area contributed by atoms with Crippen LogP contribution in [0.15, 0.2) is 42.6 Å². The van der Waals surface area contributed by atoms with Gasteiger partial charge in [0.15, 0.2) is 0 Å². The van der Waals surface area contributed by atoms with E-state index in [1.54, 1.807) is 30.5 Å². The van der Waals surface area contributed by atoms with Crippen LogP contribution in [-0.4, -0.2) is 35.6 Å². The molecule has 4 rings (SSSR count). The molecular weight excluding hydrogens is 366 g/mol. The number of nitrogens with one attached hydrogen (secondary N) is 2. The minimum Gasteiger partial charge on any atom is -0.493 e. The van der Waals surface area contributed by atoms with Crippen LogP contribution in [0.4, 0.5) is 11.6 Å². The van der Waals surface area contributed by atoms with Crippen LogP contribution in [0, 0.1) is 12.8 Å². The van der Waals surface area contributed by atoms with Gasteiger partial charge >= 0.3 is 0 Å². The van der Waals surface area contributed by atoms with Gasteiger partial charge in [-0.2, -0.15) is 0 Å². The van der Waals surface area contributed by atoms with Crippen molar-refractivity contribution in [2.45, 2.75) is 19.8 Å². The first-order valence-electron chi connectivity index (χ1n) is 9.86. The number of nitrogens with zero attached hydrogens (tertiary/aromatic N) is 2. The molecule has 1 saturated heterocycles. The second-order valence-electron chi connectivity index (χ2n) is 7.46. The number of fused-ring (bicyclic) bond motifs is 1. The molecule has 1 atom stereocenters. The molecule has 0 radical (unpaired) electrons. The van der Waals surface area contributed by atoms with Crippen molar-refractivity contribution >= 4 is 28.4 Å². The van der Waals surface area contributed by atoms with Crippen LogP contribution < -0.4 is 21.1 Å². The molecule has 2 aromatic carbocycles. The van der Waals surface area contributed by atoms with Crippen molar-refractivity contribution in [3.63, 3.8) is 0 Å². The van der Waals surface area contributed by atoms with E-state index in [1.807, 2.05) is 13.0 Å². The third-order valence-corrected chi connectivity index (χ3v) is 5.18. The minimum absolute atomic E-state index is 0.453. The molecule has 1 aliphatic heterocycles. The number of carbonyl (C=O) groups is 1. The Morgan fingerprint density at radius 2 is 2.14 bits per heavy atom. The fraction of sp³-hybridized carbons (Fsp3) is 0.318. The van der Waals surface area contributed by atoms with E-state index in [2.05, 4.69) is 26.7 Å². The van der Waals surface area contributed by atoms with E-state index in [0.29, 0.717) is 24.0 Å². The zero-order valence-electron chi connectivity index (χ0n) is 16.4. The number of hydrogen-bond acceptors (Lipinski definition) is 6. The van der Waals surface area contributed by atoms with Gasteiger partial charge in [-0.25, -0.2) is 9.97 Å². The summed E-state index contributed by atoms with van der Waals surface area (Å²) in [7, 11) is 0. The lowest BCUT2D eigenvalue weighted by molar-refractivity contribution is 0.100. The number of piperidine rings is 1. The maximum atomic E-state index is 11.2. The normalized spacial score (nSPS) is 16.5. The number of anilines is 2. The molecule has 7 nitrogen and oxygen atoms in total. The van der Waals surface area contributed by atoms with Gasteiger partial charge in [0.05, 0.1) is 12.1 Å². The molecule has 0 saturated carbocycles. The van der Waals surface area contributed by atoms with Crippen LogP contribution in [0.1, 0.15) is 28.8 Å². The first-order valence-corrected chi connectivity index (χ1v) is 9.86. The summed E-state index contributed by atoms with van der Waals surface area (Å²) in [6, 6.07) is 10.9. The maximum Gasteiger partial charge on any atom is 0.248 e. The van der Waals surface area contributed by atoms with Gasteiger partial charge in [0, 0.05) is 41.4 Å². The molecule has 0 bridgehead atoms. The third kappa shape index (κ3) is 4.63. The van der Waals surface area contributed by atoms with E-state index in [4.69, 9.17) is 10.5 Å².